The molecule has 1 aliphatic carbocycles. The summed E-state index contributed by atoms with van der Waals surface area (Å²) in [6, 6.07) is 0.277. The van der Waals surface area contributed by atoms with Gasteiger partial charge in [-0.15, -0.1) is 0 Å². The summed E-state index contributed by atoms with van der Waals surface area (Å²) in [4.78, 5) is 11.7. The summed E-state index contributed by atoms with van der Waals surface area (Å²) in [6.45, 7) is 4.28. The minimum Gasteiger partial charge on any atom is -0.352 e. The van der Waals surface area contributed by atoms with E-state index in [-0.39, 0.29) is 11.9 Å². The van der Waals surface area contributed by atoms with Crippen LogP contribution in [-0.4, -0.2) is 17.3 Å². The molecule has 1 unspecified atom stereocenters. The molecule has 15 heavy (non-hydrogen) atoms. The quantitative estimate of drug-likeness (QED) is 0.768. The van der Waals surface area contributed by atoms with Gasteiger partial charge in [0.25, 0.3) is 0 Å². The Labute approximate surface area is 101 Å². The third-order valence-electron chi connectivity index (χ3n) is 3.27. The first-order valence-electron chi connectivity index (χ1n) is 5.98. The zero-order chi connectivity index (χ0) is 11.3. The van der Waals surface area contributed by atoms with E-state index in [1.54, 1.807) is 0 Å². The molecule has 1 N–H and O–H groups in total. The molecule has 88 valence electrons. The van der Waals surface area contributed by atoms with Crippen LogP contribution < -0.4 is 5.32 Å². The average Bonchev–Trinajstić information content (AvgIpc) is 2.66. The molecule has 0 saturated heterocycles. The number of rotatable bonds is 5. The lowest BCUT2D eigenvalue weighted by molar-refractivity contribution is -0.122. The van der Waals surface area contributed by atoms with Crippen molar-refractivity contribution in [2.75, 3.05) is 5.33 Å². The summed E-state index contributed by atoms with van der Waals surface area (Å²) in [6.07, 6.45) is 5.84. The number of halogens is 1. The molecule has 0 radical (unpaired) electrons. The van der Waals surface area contributed by atoms with E-state index >= 15 is 0 Å². The fourth-order valence-electron chi connectivity index (χ4n) is 2.13. The minimum absolute atomic E-state index is 0.236. The van der Waals surface area contributed by atoms with Crippen molar-refractivity contribution in [3.8, 4) is 0 Å². The molecule has 0 aromatic rings. The van der Waals surface area contributed by atoms with Crippen LogP contribution in [-0.2, 0) is 4.79 Å². The van der Waals surface area contributed by atoms with Gasteiger partial charge >= 0.3 is 0 Å². The van der Waals surface area contributed by atoms with Gasteiger partial charge in [0.1, 0.15) is 0 Å². The molecule has 3 heteroatoms. The summed E-state index contributed by atoms with van der Waals surface area (Å²) in [5.74, 6) is 1.38. The Hall–Kier alpha value is -0.0500. The maximum Gasteiger partial charge on any atom is 0.220 e. The molecule has 1 fully saturated rings. The van der Waals surface area contributed by atoms with E-state index in [1.165, 1.54) is 25.7 Å². The number of hydrogen-bond acceptors (Lipinski definition) is 1. The summed E-state index contributed by atoms with van der Waals surface area (Å²) >= 11 is 3.44. The standard InChI is InChI=1S/C12H22BrNO/c1-9(2)11(8-13)14-12(15)7-10-5-3-4-6-10/h9-11H,3-8H2,1-2H3,(H,14,15). The third-order valence-corrected chi connectivity index (χ3v) is 3.96. The number of carbonyl (C=O) groups excluding carboxylic acids is 1. The highest BCUT2D eigenvalue weighted by atomic mass is 79.9. The molecule has 0 aromatic heterocycles. The van der Waals surface area contributed by atoms with Gasteiger partial charge in [0.2, 0.25) is 5.91 Å². The van der Waals surface area contributed by atoms with Crippen molar-refractivity contribution in [3.05, 3.63) is 0 Å². The molecule has 1 saturated carbocycles. The van der Waals surface area contributed by atoms with Crippen molar-refractivity contribution in [1.29, 1.82) is 0 Å². The van der Waals surface area contributed by atoms with E-state index in [9.17, 15) is 4.79 Å². The second kappa shape index (κ2) is 6.51. The van der Waals surface area contributed by atoms with Crippen LogP contribution in [0.25, 0.3) is 0 Å². The van der Waals surface area contributed by atoms with Gasteiger partial charge < -0.3 is 5.32 Å². The Morgan fingerprint density at radius 2 is 2.00 bits per heavy atom. The van der Waals surface area contributed by atoms with Crippen molar-refractivity contribution < 1.29 is 4.79 Å². The van der Waals surface area contributed by atoms with E-state index < -0.39 is 0 Å². The number of carbonyl (C=O) groups is 1. The molecule has 1 rings (SSSR count). The van der Waals surface area contributed by atoms with Crippen LogP contribution in [0.5, 0.6) is 0 Å². The van der Waals surface area contributed by atoms with Crippen LogP contribution >= 0.6 is 15.9 Å². The molecule has 1 aliphatic rings. The molecule has 2 nitrogen and oxygen atoms in total. The van der Waals surface area contributed by atoms with Gasteiger partial charge in [0, 0.05) is 17.8 Å². The fraction of sp³-hybridized carbons (Fsp3) is 0.917. The van der Waals surface area contributed by atoms with Gasteiger partial charge in [-0.1, -0.05) is 42.6 Å². The smallest absolute Gasteiger partial charge is 0.220 e. The first kappa shape index (κ1) is 13.0. The zero-order valence-electron chi connectivity index (χ0n) is 9.76. The van der Waals surface area contributed by atoms with Crippen LogP contribution in [0.4, 0.5) is 0 Å². The number of nitrogens with one attached hydrogen (secondary N) is 1. The lowest BCUT2D eigenvalue weighted by atomic mass is 10.0. The fourth-order valence-corrected chi connectivity index (χ4v) is 3.04. The van der Waals surface area contributed by atoms with Gasteiger partial charge in [-0.3, -0.25) is 4.79 Å². The van der Waals surface area contributed by atoms with E-state index in [1.807, 2.05) is 0 Å². The molecule has 0 bridgehead atoms. The summed E-state index contributed by atoms with van der Waals surface area (Å²) in [5, 5.41) is 3.96. The van der Waals surface area contributed by atoms with Crippen LogP contribution in [0.2, 0.25) is 0 Å². The summed E-state index contributed by atoms with van der Waals surface area (Å²) in [5.41, 5.74) is 0. The van der Waals surface area contributed by atoms with E-state index in [0.717, 1.165) is 11.8 Å². The van der Waals surface area contributed by atoms with Gasteiger partial charge in [0.15, 0.2) is 0 Å². The van der Waals surface area contributed by atoms with Crippen LogP contribution in [0, 0.1) is 11.8 Å². The Bertz CT molecular complexity index is 200. The largest absolute Gasteiger partial charge is 0.352 e. The number of alkyl halides is 1. The highest BCUT2D eigenvalue weighted by molar-refractivity contribution is 9.09. The molecular weight excluding hydrogens is 254 g/mol. The van der Waals surface area contributed by atoms with Crippen molar-refractivity contribution >= 4 is 21.8 Å². The highest BCUT2D eigenvalue weighted by Gasteiger charge is 2.20. The number of hydrogen-bond donors (Lipinski definition) is 1. The Kier molecular flexibility index (Phi) is 5.65. The van der Waals surface area contributed by atoms with Gasteiger partial charge in [0.05, 0.1) is 0 Å². The molecule has 0 aliphatic heterocycles. The summed E-state index contributed by atoms with van der Waals surface area (Å²) in [7, 11) is 0. The van der Waals surface area contributed by atoms with E-state index in [4.69, 9.17) is 0 Å². The van der Waals surface area contributed by atoms with Crippen LogP contribution in [0.15, 0.2) is 0 Å². The average molecular weight is 276 g/mol. The Morgan fingerprint density at radius 1 is 1.40 bits per heavy atom. The van der Waals surface area contributed by atoms with Gasteiger partial charge in [-0.2, -0.15) is 0 Å². The second-order valence-electron chi connectivity index (χ2n) is 4.93. The number of amides is 1. The van der Waals surface area contributed by atoms with Crippen molar-refractivity contribution in [1.82, 2.24) is 5.32 Å². The first-order valence-corrected chi connectivity index (χ1v) is 7.11. The maximum absolute atomic E-state index is 11.7. The molecule has 1 amide bonds. The van der Waals surface area contributed by atoms with Crippen LogP contribution in [0.1, 0.15) is 46.0 Å². The molecular formula is C12H22BrNO. The minimum atomic E-state index is 0.236. The highest BCUT2D eigenvalue weighted by Crippen LogP contribution is 2.27. The molecule has 0 spiro atoms. The topological polar surface area (TPSA) is 29.1 Å². The second-order valence-corrected chi connectivity index (χ2v) is 5.57. The van der Waals surface area contributed by atoms with Crippen LogP contribution in [0.3, 0.4) is 0 Å². The predicted molar refractivity (Wildman–Crippen MR) is 67.1 cm³/mol. The molecule has 0 aromatic carbocycles. The maximum atomic E-state index is 11.7. The normalized spacial score (nSPS) is 19.5. The molecule has 0 heterocycles. The summed E-state index contributed by atoms with van der Waals surface area (Å²) < 4.78 is 0. The van der Waals surface area contributed by atoms with Crippen molar-refractivity contribution in [2.45, 2.75) is 52.0 Å². The lowest BCUT2D eigenvalue weighted by Gasteiger charge is -2.20. The third kappa shape index (κ3) is 4.54. The van der Waals surface area contributed by atoms with Gasteiger partial charge in [-0.05, 0) is 24.7 Å². The van der Waals surface area contributed by atoms with E-state index in [0.29, 0.717) is 11.8 Å². The van der Waals surface area contributed by atoms with Crippen molar-refractivity contribution in [3.63, 3.8) is 0 Å². The predicted octanol–water partition coefficient (Wildman–Crippen LogP) is 3.10. The van der Waals surface area contributed by atoms with Gasteiger partial charge in [-0.25, -0.2) is 0 Å². The lowest BCUT2D eigenvalue weighted by Crippen LogP contribution is -2.40. The SMILES string of the molecule is CC(C)C(CBr)NC(=O)CC1CCCC1. The van der Waals surface area contributed by atoms with E-state index in [2.05, 4.69) is 35.1 Å². The monoisotopic (exact) mass is 275 g/mol. The molecule has 1 atom stereocenters. The zero-order valence-corrected chi connectivity index (χ0v) is 11.3. The first-order chi connectivity index (χ1) is 7.13. The Balaban J connectivity index is 2.27. The Morgan fingerprint density at radius 3 is 2.47 bits per heavy atom. The van der Waals surface area contributed by atoms with Crippen molar-refractivity contribution in [2.24, 2.45) is 11.8 Å².